The second kappa shape index (κ2) is 4.15. The molecule has 0 atom stereocenters. The SMILES string of the molecule is Nc1cn2nc(-c3cccc(Cl)c3)nc2cc1Cl. The third-order valence-electron chi connectivity index (χ3n) is 2.53. The van der Waals surface area contributed by atoms with E-state index in [4.69, 9.17) is 28.9 Å². The number of anilines is 1. The van der Waals surface area contributed by atoms with Crippen LogP contribution in [0.4, 0.5) is 5.69 Å². The van der Waals surface area contributed by atoms with E-state index in [1.54, 1.807) is 28.9 Å². The summed E-state index contributed by atoms with van der Waals surface area (Å²) in [5.74, 6) is 0.583. The van der Waals surface area contributed by atoms with Crippen LogP contribution in [0.15, 0.2) is 36.5 Å². The zero-order chi connectivity index (χ0) is 12.7. The molecule has 2 heterocycles. The third kappa shape index (κ3) is 1.89. The second-order valence-corrected chi connectivity index (χ2v) is 4.67. The van der Waals surface area contributed by atoms with Crippen LogP contribution in [0.3, 0.4) is 0 Å². The molecule has 0 saturated heterocycles. The van der Waals surface area contributed by atoms with E-state index < -0.39 is 0 Å². The summed E-state index contributed by atoms with van der Waals surface area (Å²) in [4.78, 5) is 4.38. The molecular weight excluding hydrogens is 271 g/mol. The molecule has 0 bridgehead atoms. The van der Waals surface area contributed by atoms with Crippen molar-refractivity contribution in [2.24, 2.45) is 0 Å². The van der Waals surface area contributed by atoms with E-state index in [9.17, 15) is 0 Å². The van der Waals surface area contributed by atoms with Gasteiger partial charge in [0.15, 0.2) is 11.5 Å². The molecule has 3 aromatic rings. The predicted molar refractivity (Wildman–Crippen MR) is 72.9 cm³/mol. The van der Waals surface area contributed by atoms with Crippen molar-refractivity contribution in [2.75, 3.05) is 5.73 Å². The summed E-state index contributed by atoms with van der Waals surface area (Å²) in [5.41, 5.74) is 7.67. The molecule has 3 rings (SSSR count). The molecule has 6 heteroatoms. The highest BCUT2D eigenvalue weighted by Gasteiger charge is 2.08. The lowest BCUT2D eigenvalue weighted by atomic mass is 10.2. The van der Waals surface area contributed by atoms with Crippen molar-refractivity contribution < 1.29 is 0 Å². The Bertz CT molecular complexity index is 697. The zero-order valence-corrected chi connectivity index (χ0v) is 10.7. The number of aromatic nitrogens is 3. The van der Waals surface area contributed by atoms with Gasteiger partial charge >= 0.3 is 0 Å². The third-order valence-corrected chi connectivity index (χ3v) is 3.10. The molecule has 18 heavy (non-hydrogen) atoms. The number of nitrogens with zero attached hydrogens (tertiary/aromatic N) is 3. The van der Waals surface area contributed by atoms with Gasteiger partial charge in [-0.3, -0.25) is 0 Å². The summed E-state index contributed by atoms with van der Waals surface area (Å²) >= 11 is 11.9. The molecule has 0 aliphatic rings. The number of nitrogen functional groups attached to an aromatic ring is 1. The van der Waals surface area contributed by atoms with E-state index in [1.807, 2.05) is 12.1 Å². The molecule has 0 fully saturated rings. The van der Waals surface area contributed by atoms with Crippen molar-refractivity contribution in [1.29, 1.82) is 0 Å². The molecule has 0 spiro atoms. The maximum atomic E-state index is 5.94. The van der Waals surface area contributed by atoms with Crippen LogP contribution < -0.4 is 5.73 Å². The van der Waals surface area contributed by atoms with Gasteiger partial charge in [-0.2, -0.15) is 0 Å². The van der Waals surface area contributed by atoms with Crippen molar-refractivity contribution in [2.45, 2.75) is 0 Å². The second-order valence-electron chi connectivity index (χ2n) is 3.83. The molecule has 2 N–H and O–H groups in total. The maximum absolute atomic E-state index is 5.94. The lowest BCUT2D eigenvalue weighted by molar-refractivity contribution is 0.968. The van der Waals surface area contributed by atoms with E-state index in [2.05, 4.69) is 10.1 Å². The van der Waals surface area contributed by atoms with Crippen LogP contribution in [0.5, 0.6) is 0 Å². The van der Waals surface area contributed by atoms with Gasteiger partial charge in [0.1, 0.15) is 0 Å². The Morgan fingerprint density at radius 3 is 2.78 bits per heavy atom. The molecule has 0 amide bonds. The molecule has 4 nitrogen and oxygen atoms in total. The monoisotopic (exact) mass is 278 g/mol. The van der Waals surface area contributed by atoms with E-state index in [0.29, 0.717) is 27.2 Å². The minimum absolute atomic E-state index is 0.465. The quantitative estimate of drug-likeness (QED) is 0.743. The largest absolute Gasteiger partial charge is 0.396 e. The fourth-order valence-corrected chi connectivity index (χ4v) is 2.01. The number of fused-ring (bicyclic) bond motifs is 1. The molecular formula is C12H8Cl2N4. The fraction of sp³-hybridized carbons (Fsp3) is 0. The van der Waals surface area contributed by atoms with Gasteiger partial charge in [-0.15, -0.1) is 5.10 Å². The van der Waals surface area contributed by atoms with Gasteiger partial charge in [0, 0.05) is 16.7 Å². The number of nitrogens with two attached hydrogens (primary N) is 1. The summed E-state index contributed by atoms with van der Waals surface area (Å²) in [6.07, 6.45) is 1.64. The van der Waals surface area contributed by atoms with E-state index in [0.717, 1.165) is 5.56 Å². The highest BCUT2D eigenvalue weighted by molar-refractivity contribution is 6.33. The summed E-state index contributed by atoms with van der Waals surface area (Å²) in [5, 5.41) is 5.44. The highest BCUT2D eigenvalue weighted by atomic mass is 35.5. The molecule has 1 aromatic carbocycles. The first-order valence-corrected chi connectivity index (χ1v) is 5.96. The minimum atomic E-state index is 0.465. The van der Waals surface area contributed by atoms with E-state index >= 15 is 0 Å². The van der Waals surface area contributed by atoms with Crippen LogP contribution in [0.1, 0.15) is 0 Å². The van der Waals surface area contributed by atoms with Gasteiger partial charge in [0.05, 0.1) is 16.9 Å². The first-order valence-electron chi connectivity index (χ1n) is 5.21. The van der Waals surface area contributed by atoms with Crippen LogP contribution >= 0.6 is 23.2 Å². The van der Waals surface area contributed by atoms with Gasteiger partial charge in [0.25, 0.3) is 0 Å². The van der Waals surface area contributed by atoms with Crippen LogP contribution in [-0.2, 0) is 0 Å². The lowest BCUT2D eigenvalue weighted by Gasteiger charge is -1.96. The van der Waals surface area contributed by atoms with Gasteiger partial charge in [-0.05, 0) is 12.1 Å². The molecule has 0 saturated carbocycles. The number of hydrogen-bond acceptors (Lipinski definition) is 3. The Balaban J connectivity index is 2.19. The fourth-order valence-electron chi connectivity index (χ4n) is 1.67. The number of pyridine rings is 1. The summed E-state index contributed by atoms with van der Waals surface area (Å²) < 4.78 is 1.59. The number of benzene rings is 1. The number of halogens is 2. The van der Waals surface area contributed by atoms with Crippen LogP contribution in [0.25, 0.3) is 17.0 Å². The molecule has 0 radical (unpaired) electrons. The number of rotatable bonds is 1. The smallest absolute Gasteiger partial charge is 0.182 e. The summed E-state index contributed by atoms with van der Waals surface area (Å²) in [6.45, 7) is 0. The van der Waals surface area contributed by atoms with Gasteiger partial charge < -0.3 is 5.73 Å². The Labute approximate surface area is 113 Å². The van der Waals surface area contributed by atoms with Gasteiger partial charge in [0.2, 0.25) is 0 Å². The Hall–Kier alpha value is -1.78. The lowest BCUT2D eigenvalue weighted by Crippen LogP contribution is -1.93. The normalized spacial score (nSPS) is 11.0. The standard InChI is InChI=1S/C12H8Cl2N4/c13-8-3-1-2-7(4-8)12-16-11-5-9(14)10(15)6-18(11)17-12/h1-6H,15H2. The first-order chi connectivity index (χ1) is 8.63. The average molecular weight is 279 g/mol. The van der Waals surface area contributed by atoms with Crippen LogP contribution in [0.2, 0.25) is 10.0 Å². The Morgan fingerprint density at radius 1 is 1.17 bits per heavy atom. The first kappa shape index (κ1) is 11.3. The molecule has 0 aliphatic carbocycles. The maximum Gasteiger partial charge on any atom is 0.182 e. The summed E-state index contributed by atoms with van der Waals surface area (Å²) in [7, 11) is 0. The van der Waals surface area contributed by atoms with Crippen molar-refractivity contribution in [3.63, 3.8) is 0 Å². The van der Waals surface area contributed by atoms with E-state index in [1.165, 1.54) is 0 Å². The van der Waals surface area contributed by atoms with Gasteiger partial charge in [-0.25, -0.2) is 9.50 Å². The average Bonchev–Trinajstić information content (AvgIpc) is 2.73. The Kier molecular flexibility index (Phi) is 2.61. The van der Waals surface area contributed by atoms with Crippen LogP contribution in [0, 0.1) is 0 Å². The zero-order valence-electron chi connectivity index (χ0n) is 9.14. The highest BCUT2D eigenvalue weighted by Crippen LogP contribution is 2.23. The van der Waals surface area contributed by atoms with Crippen molar-refractivity contribution >= 4 is 34.5 Å². The topological polar surface area (TPSA) is 56.2 Å². The Morgan fingerprint density at radius 2 is 2.00 bits per heavy atom. The molecule has 90 valence electrons. The number of hydrogen-bond donors (Lipinski definition) is 1. The minimum Gasteiger partial charge on any atom is -0.396 e. The molecule has 2 aromatic heterocycles. The van der Waals surface area contributed by atoms with Crippen molar-refractivity contribution in [1.82, 2.24) is 14.6 Å². The predicted octanol–water partition coefficient (Wildman–Crippen LogP) is 3.29. The van der Waals surface area contributed by atoms with Gasteiger partial charge in [-0.1, -0.05) is 35.3 Å². The van der Waals surface area contributed by atoms with Crippen molar-refractivity contribution in [3.05, 3.63) is 46.6 Å². The van der Waals surface area contributed by atoms with E-state index in [-0.39, 0.29) is 0 Å². The molecule has 0 aliphatic heterocycles. The molecule has 0 unspecified atom stereocenters. The summed E-state index contributed by atoms with van der Waals surface area (Å²) in [6, 6.07) is 9.03. The van der Waals surface area contributed by atoms with Crippen molar-refractivity contribution in [3.8, 4) is 11.4 Å². The van der Waals surface area contributed by atoms with Crippen LogP contribution in [-0.4, -0.2) is 14.6 Å².